The van der Waals surface area contributed by atoms with Gasteiger partial charge in [-0.25, -0.2) is 18.4 Å². The van der Waals surface area contributed by atoms with Crippen molar-refractivity contribution >= 4 is 32.6 Å². The van der Waals surface area contributed by atoms with Crippen molar-refractivity contribution in [2.75, 3.05) is 0 Å². The fraction of sp³-hybridized carbons (Fsp3) is 0.125. The van der Waals surface area contributed by atoms with Crippen molar-refractivity contribution in [1.29, 1.82) is 5.26 Å². The monoisotopic (exact) mass is 445 g/mol. The summed E-state index contributed by atoms with van der Waals surface area (Å²) in [5, 5.41) is 8.90. The number of hydrogen-bond acceptors (Lipinski definition) is 6. The Morgan fingerprint density at radius 1 is 0.903 bits per heavy atom. The lowest BCUT2D eigenvalue weighted by atomic mass is 10.2. The van der Waals surface area contributed by atoms with E-state index in [2.05, 4.69) is 9.97 Å². The molecule has 154 valence electrons. The van der Waals surface area contributed by atoms with Crippen LogP contribution in [0, 0.1) is 18.3 Å². The highest BCUT2D eigenvalue weighted by atomic mass is 32.2. The van der Waals surface area contributed by atoms with Crippen LogP contribution in [-0.4, -0.2) is 18.4 Å². The molecule has 4 aromatic rings. The second kappa shape index (κ2) is 8.88. The number of aryl methyl sites for hydroxylation is 1. The molecule has 0 fully saturated rings. The number of para-hydroxylation sites is 2. The molecule has 0 saturated heterocycles. The van der Waals surface area contributed by atoms with Gasteiger partial charge < -0.3 is 0 Å². The second-order valence-electron chi connectivity index (χ2n) is 7.04. The van der Waals surface area contributed by atoms with E-state index in [0.717, 1.165) is 11.1 Å². The molecule has 0 radical (unpaired) electrons. The molecule has 7 heteroatoms. The maximum atomic E-state index is 13.3. The summed E-state index contributed by atoms with van der Waals surface area (Å²) in [4.78, 5) is 9.34. The lowest BCUT2D eigenvalue weighted by Gasteiger charge is -2.15. The standard InChI is InChI=1S/C24H19N3O2S2/c1-17-11-13-19(14-12-17)31(28,29)22(15-25)23-24(30-16-18-7-3-2-4-8-18)27-21-10-6-5-9-20(21)26-23/h2-14,22H,16H2,1H3/t22-/m0/s1. The van der Waals surface area contributed by atoms with Gasteiger partial charge in [0.25, 0.3) is 0 Å². The number of thioether (sulfide) groups is 1. The van der Waals surface area contributed by atoms with E-state index in [-0.39, 0.29) is 10.6 Å². The minimum atomic E-state index is -3.97. The highest BCUT2D eigenvalue weighted by molar-refractivity contribution is 7.98. The van der Waals surface area contributed by atoms with Crippen LogP contribution in [-0.2, 0) is 15.6 Å². The number of nitrogens with zero attached hydrogens (tertiary/aromatic N) is 3. The molecule has 0 aliphatic heterocycles. The van der Waals surface area contributed by atoms with Gasteiger partial charge in [0.15, 0.2) is 15.1 Å². The molecular weight excluding hydrogens is 426 g/mol. The fourth-order valence-corrected chi connectivity index (χ4v) is 5.57. The Labute approximate surface area is 185 Å². The quantitative estimate of drug-likeness (QED) is 0.376. The Hall–Kier alpha value is -3.21. The third-order valence-electron chi connectivity index (χ3n) is 4.81. The summed E-state index contributed by atoms with van der Waals surface area (Å²) in [6.07, 6.45) is 0. The van der Waals surface area contributed by atoms with Crippen LogP contribution >= 0.6 is 11.8 Å². The zero-order valence-electron chi connectivity index (χ0n) is 16.8. The first-order valence-electron chi connectivity index (χ1n) is 9.62. The molecule has 0 spiro atoms. The van der Waals surface area contributed by atoms with Crippen molar-refractivity contribution in [3.8, 4) is 6.07 Å². The summed E-state index contributed by atoms with van der Waals surface area (Å²) >= 11 is 1.38. The Morgan fingerprint density at radius 2 is 1.52 bits per heavy atom. The average Bonchev–Trinajstić information content (AvgIpc) is 2.79. The summed E-state index contributed by atoms with van der Waals surface area (Å²) in [6.45, 7) is 1.88. The average molecular weight is 446 g/mol. The van der Waals surface area contributed by atoms with Crippen molar-refractivity contribution in [3.05, 3.63) is 95.7 Å². The van der Waals surface area contributed by atoms with Crippen LogP contribution in [0.4, 0.5) is 0 Å². The third kappa shape index (κ3) is 4.46. The lowest BCUT2D eigenvalue weighted by Crippen LogP contribution is -2.15. The van der Waals surface area contributed by atoms with Gasteiger partial charge in [-0.1, -0.05) is 71.9 Å². The van der Waals surface area contributed by atoms with Crippen LogP contribution in [0.1, 0.15) is 22.1 Å². The Morgan fingerprint density at radius 3 is 2.16 bits per heavy atom. The first-order chi connectivity index (χ1) is 15.0. The predicted molar refractivity (Wildman–Crippen MR) is 122 cm³/mol. The smallest absolute Gasteiger partial charge is 0.200 e. The van der Waals surface area contributed by atoms with Crippen molar-refractivity contribution in [2.24, 2.45) is 0 Å². The van der Waals surface area contributed by atoms with Gasteiger partial charge in [0, 0.05) is 5.75 Å². The van der Waals surface area contributed by atoms with Crippen LogP contribution in [0.3, 0.4) is 0 Å². The second-order valence-corrected chi connectivity index (χ2v) is 10.0. The molecule has 3 aromatic carbocycles. The van der Waals surface area contributed by atoms with E-state index in [1.165, 1.54) is 23.9 Å². The summed E-state index contributed by atoms with van der Waals surface area (Å²) in [5.74, 6) is 0.587. The van der Waals surface area contributed by atoms with Gasteiger partial charge in [0.2, 0.25) is 0 Å². The van der Waals surface area contributed by atoms with Gasteiger partial charge in [-0.2, -0.15) is 5.26 Å². The van der Waals surface area contributed by atoms with Crippen LogP contribution in [0.25, 0.3) is 11.0 Å². The number of nitriles is 1. The number of hydrogen-bond donors (Lipinski definition) is 0. The summed E-state index contributed by atoms with van der Waals surface area (Å²) < 4.78 is 26.7. The van der Waals surface area contributed by atoms with Gasteiger partial charge in [-0.05, 0) is 36.8 Å². The van der Waals surface area contributed by atoms with E-state index < -0.39 is 15.1 Å². The van der Waals surface area contributed by atoms with Gasteiger partial charge in [-0.3, -0.25) is 0 Å². The number of aromatic nitrogens is 2. The Balaban J connectivity index is 1.81. The minimum Gasteiger partial charge on any atom is -0.246 e. The Kier molecular flexibility index (Phi) is 6.03. The number of fused-ring (bicyclic) bond motifs is 1. The summed E-state index contributed by atoms with van der Waals surface area (Å²) in [7, 11) is -3.97. The van der Waals surface area contributed by atoms with Crippen LogP contribution in [0.5, 0.6) is 0 Å². The maximum absolute atomic E-state index is 13.3. The molecule has 0 unspecified atom stereocenters. The van der Waals surface area contributed by atoms with Gasteiger partial charge in [0.05, 0.1) is 22.0 Å². The molecule has 5 nitrogen and oxygen atoms in total. The molecule has 1 aromatic heterocycles. The topological polar surface area (TPSA) is 83.7 Å². The first-order valence-corrected chi connectivity index (χ1v) is 12.2. The van der Waals surface area contributed by atoms with E-state index >= 15 is 0 Å². The molecule has 0 aliphatic carbocycles. The zero-order valence-corrected chi connectivity index (χ0v) is 18.4. The van der Waals surface area contributed by atoms with Gasteiger partial charge in [-0.15, -0.1) is 0 Å². The third-order valence-corrected chi connectivity index (χ3v) is 7.74. The maximum Gasteiger partial charge on any atom is 0.200 e. The van der Waals surface area contributed by atoms with Gasteiger partial charge in [0.1, 0.15) is 10.7 Å². The molecule has 0 N–H and O–H groups in total. The van der Waals surface area contributed by atoms with Crippen LogP contribution in [0.2, 0.25) is 0 Å². The van der Waals surface area contributed by atoms with E-state index in [0.29, 0.717) is 21.8 Å². The molecule has 1 atom stereocenters. The molecule has 0 bridgehead atoms. The largest absolute Gasteiger partial charge is 0.246 e. The highest BCUT2D eigenvalue weighted by Gasteiger charge is 2.33. The number of benzene rings is 3. The fourth-order valence-electron chi connectivity index (χ4n) is 3.14. The Bertz CT molecular complexity index is 1360. The van der Waals surface area contributed by atoms with Crippen LogP contribution < -0.4 is 0 Å². The first kappa shape index (κ1) is 21.0. The van der Waals surface area contributed by atoms with E-state index in [1.807, 2.05) is 61.5 Å². The van der Waals surface area contributed by atoms with Gasteiger partial charge >= 0.3 is 0 Å². The number of rotatable bonds is 6. The normalized spacial score (nSPS) is 12.4. The van der Waals surface area contributed by atoms with Crippen molar-refractivity contribution in [1.82, 2.24) is 9.97 Å². The van der Waals surface area contributed by atoms with Crippen LogP contribution in [0.15, 0.2) is 88.8 Å². The number of sulfone groups is 1. The van der Waals surface area contributed by atoms with E-state index in [1.54, 1.807) is 18.2 Å². The lowest BCUT2D eigenvalue weighted by molar-refractivity contribution is 0.589. The zero-order chi connectivity index (χ0) is 21.8. The van der Waals surface area contributed by atoms with Crippen molar-refractivity contribution in [2.45, 2.75) is 27.8 Å². The molecular formula is C24H19N3O2S2. The predicted octanol–water partition coefficient (Wildman–Crippen LogP) is 5.27. The van der Waals surface area contributed by atoms with Crippen molar-refractivity contribution in [3.63, 3.8) is 0 Å². The molecule has 0 amide bonds. The summed E-state index contributed by atoms with van der Waals surface area (Å²) in [5.41, 5.74) is 3.40. The van der Waals surface area contributed by atoms with E-state index in [9.17, 15) is 13.7 Å². The van der Waals surface area contributed by atoms with Crippen molar-refractivity contribution < 1.29 is 8.42 Å². The minimum absolute atomic E-state index is 0.0959. The molecule has 0 aliphatic rings. The highest BCUT2D eigenvalue weighted by Crippen LogP contribution is 2.35. The molecule has 4 rings (SSSR count). The molecule has 0 saturated carbocycles. The SMILES string of the molecule is Cc1ccc(S(=O)(=O)[C@@H](C#N)c2nc3ccccc3nc2SCc2ccccc2)cc1. The van der Waals surface area contributed by atoms with E-state index in [4.69, 9.17) is 0 Å². The molecule has 1 heterocycles. The summed E-state index contributed by atoms with van der Waals surface area (Å²) in [6, 6.07) is 25.6. The molecule has 31 heavy (non-hydrogen) atoms.